The molecule has 1 radical (unpaired) electrons. The smallest absolute Gasteiger partial charge is 0.310 e. The van der Waals surface area contributed by atoms with Crippen molar-refractivity contribution in [2.24, 2.45) is 0 Å². The number of rotatable bonds is 0. The van der Waals surface area contributed by atoms with Crippen LogP contribution in [-0.2, 0) is 21.6 Å². The van der Waals surface area contributed by atoms with Gasteiger partial charge in [-0.3, -0.25) is 0 Å². The summed E-state index contributed by atoms with van der Waals surface area (Å²) >= 11 is 0. The molecule has 2 nitrogen and oxygen atoms in total. The van der Waals surface area contributed by atoms with Gasteiger partial charge in [0.2, 0.25) is 0 Å². The molecule has 27 valence electrons. The van der Waals surface area contributed by atoms with Gasteiger partial charge in [0.05, 0.1) is 0 Å². The van der Waals surface area contributed by atoms with Crippen LogP contribution in [0.3, 0.4) is 0 Å². The molecule has 0 aliphatic rings. The van der Waals surface area contributed by atoms with Crippen LogP contribution in [0.1, 0.15) is 0 Å². The van der Waals surface area contributed by atoms with Gasteiger partial charge in [-0.15, -0.1) is 0 Å². The molecule has 4 heavy (non-hydrogen) atoms. The van der Waals surface area contributed by atoms with Crippen molar-refractivity contribution >= 4 is 8.69 Å². The normalized spacial score (nSPS) is 5.25. The Morgan fingerprint density at radius 3 is 1.75 bits per heavy atom. The maximum Gasteiger partial charge on any atom is 2.00 e. The summed E-state index contributed by atoms with van der Waals surface area (Å²) in [7, 11) is -0.833. The van der Waals surface area contributed by atoms with Crippen LogP contribution in [-0.4, -0.2) is 4.89 Å². The van der Waals surface area contributed by atoms with Crippen molar-refractivity contribution in [2.75, 3.05) is 0 Å². The predicted molar refractivity (Wildman–Crippen MR) is 9.83 cm³/mol. The summed E-state index contributed by atoms with van der Waals surface area (Å²) in [6, 6.07) is 0. The van der Waals surface area contributed by atoms with Crippen molar-refractivity contribution < 1.29 is 26.5 Å². The molecule has 0 aliphatic carbocycles. The third-order valence-corrected chi connectivity index (χ3v) is 0. The van der Waals surface area contributed by atoms with E-state index in [4.69, 9.17) is 9.46 Å². The molecule has 0 aliphatic heterocycles. The molecule has 0 heterocycles. The molecule has 0 amide bonds. The second-order valence-electron chi connectivity index (χ2n) is 0.0816. The van der Waals surface area contributed by atoms with E-state index in [1.165, 1.54) is 0 Å². The van der Waals surface area contributed by atoms with Crippen LogP contribution in [0.5, 0.6) is 0 Å². The fourth-order valence-corrected chi connectivity index (χ4v) is 0. The SMILES string of the molecule is O=PO.[Cu+2]. The van der Waals surface area contributed by atoms with E-state index < -0.39 is 8.69 Å². The van der Waals surface area contributed by atoms with E-state index in [2.05, 4.69) is 0 Å². The minimum absolute atomic E-state index is 0. The molecule has 0 saturated heterocycles. The molecule has 0 rings (SSSR count). The van der Waals surface area contributed by atoms with Crippen LogP contribution in [0.15, 0.2) is 0 Å². The van der Waals surface area contributed by atoms with Crippen LogP contribution < -0.4 is 0 Å². The molecule has 0 spiro atoms. The summed E-state index contributed by atoms with van der Waals surface area (Å²) in [5.74, 6) is 0. The fraction of sp³-hybridized carbons (Fsp3) is 0. The molecule has 0 bridgehead atoms. The van der Waals surface area contributed by atoms with Gasteiger partial charge in [0.1, 0.15) is 0 Å². The molecule has 4 heteroatoms. The molecule has 0 aromatic carbocycles. The zero-order valence-electron chi connectivity index (χ0n) is 1.60. The first-order chi connectivity index (χ1) is 1.41. The molecule has 0 fully saturated rings. The van der Waals surface area contributed by atoms with Gasteiger partial charge >= 0.3 is 25.8 Å². The van der Waals surface area contributed by atoms with Crippen molar-refractivity contribution in [2.45, 2.75) is 0 Å². The van der Waals surface area contributed by atoms with E-state index in [-0.39, 0.29) is 17.1 Å². The van der Waals surface area contributed by atoms with Gasteiger partial charge in [0.25, 0.3) is 0 Å². The Morgan fingerprint density at radius 1 is 1.75 bits per heavy atom. The standard InChI is InChI=1S/Cu.HO2P/c;1-3-2/h;(H,1,2)/q+2;. The van der Waals surface area contributed by atoms with Gasteiger partial charge in [-0.2, -0.15) is 0 Å². The molecule has 1 N–H and O–H groups in total. The van der Waals surface area contributed by atoms with Gasteiger partial charge in [0, 0.05) is 0 Å². The van der Waals surface area contributed by atoms with Crippen molar-refractivity contribution in [3.63, 3.8) is 0 Å². The summed E-state index contributed by atoms with van der Waals surface area (Å²) in [4.78, 5) is 6.99. The van der Waals surface area contributed by atoms with Gasteiger partial charge < -0.3 is 4.89 Å². The Bertz CT molecular complexity index is 13.5. The first kappa shape index (κ1) is 8.82. The van der Waals surface area contributed by atoms with E-state index in [0.717, 1.165) is 0 Å². The summed E-state index contributed by atoms with van der Waals surface area (Å²) < 4.78 is 8.46. The van der Waals surface area contributed by atoms with E-state index in [9.17, 15) is 0 Å². The molecular weight excluding hydrogens is 127 g/mol. The van der Waals surface area contributed by atoms with Crippen LogP contribution in [0.25, 0.3) is 0 Å². The average molecular weight is 128 g/mol. The Morgan fingerprint density at radius 2 is 1.75 bits per heavy atom. The molecular formula is HCuO2P+2. The Labute approximate surface area is 36.0 Å². The largest absolute Gasteiger partial charge is 2.00 e. The van der Waals surface area contributed by atoms with E-state index >= 15 is 0 Å². The van der Waals surface area contributed by atoms with Crippen molar-refractivity contribution in [1.29, 1.82) is 0 Å². The Hall–Kier alpha value is 0.579. The monoisotopic (exact) mass is 127 g/mol. The van der Waals surface area contributed by atoms with Crippen LogP contribution in [0, 0.1) is 0 Å². The summed E-state index contributed by atoms with van der Waals surface area (Å²) in [6.45, 7) is 0. The quantitative estimate of drug-likeness (QED) is 0.372. The third-order valence-electron chi connectivity index (χ3n) is 0. The van der Waals surface area contributed by atoms with Gasteiger partial charge in [-0.25, -0.2) is 4.57 Å². The average Bonchev–Trinajstić information content (AvgIpc) is 0.918. The fourth-order valence-electron chi connectivity index (χ4n) is 0. The van der Waals surface area contributed by atoms with Crippen LogP contribution in [0.4, 0.5) is 0 Å². The van der Waals surface area contributed by atoms with Crippen LogP contribution in [0.2, 0.25) is 0 Å². The molecule has 0 atom stereocenters. The summed E-state index contributed by atoms with van der Waals surface area (Å²) in [5, 5.41) is 0. The minimum Gasteiger partial charge on any atom is -0.310 e. The minimum atomic E-state index is -0.833. The second-order valence-corrected chi connectivity index (χ2v) is 0.245. The van der Waals surface area contributed by atoms with Gasteiger partial charge in [0.15, 0.2) is 0 Å². The zero-order valence-corrected chi connectivity index (χ0v) is 3.44. The van der Waals surface area contributed by atoms with Gasteiger partial charge in [-0.1, -0.05) is 0 Å². The maximum absolute atomic E-state index is 8.46. The Balaban J connectivity index is 0. The van der Waals surface area contributed by atoms with Crippen LogP contribution >= 0.6 is 8.69 Å². The molecule has 0 unspecified atom stereocenters. The van der Waals surface area contributed by atoms with Gasteiger partial charge in [-0.05, 0) is 0 Å². The van der Waals surface area contributed by atoms with Crippen molar-refractivity contribution in [3.8, 4) is 0 Å². The van der Waals surface area contributed by atoms with E-state index in [0.29, 0.717) is 0 Å². The first-order valence-electron chi connectivity index (χ1n) is 0.383. The number of hydrogen-bond acceptors (Lipinski definition) is 1. The van der Waals surface area contributed by atoms with Crippen molar-refractivity contribution in [3.05, 3.63) is 0 Å². The maximum atomic E-state index is 8.46. The predicted octanol–water partition coefficient (Wildman–Crippen LogP) is 0.183. The molecule has 0 saturated carbocycles. The first-order valence-corrected chi connectivity index (χ1v) is 1.15. The topological polar surface area (TPSA) is 37.3 Å². The molecule has 0 aromatic rings. The third kappa shape index (κ3) is 19.2. The second kappa shape index (κ2) is 9.55. The number of hydrogen-bond donors (Lipinski definition) is 1. The van der Waals surface area contributed by atoms with E-state index in [1.54, 1.807) is 0 Å². The summed E-state index contributed by atoms with van der Waals surface area (Å²) in [5.41, 5.74) is 0. The Kier molecular flexibility index (Phi) is 21.0. The van der Waals surface area contributed by atoms with E-state index in [1.807, 2.05) is 0 Å². The molecule has 0 aromatic heterocycles. The van der Waals surface area contributed by atoms with Crippen molar-refractivity contribution in [1.82, 2.24) is 0 Å². The summed E-state index contributed by atoms with van der Waals surface area (Å²) in [6.07, 6.45) is 0. The zero-order chi connectivity index (χ0) is 2.71.